The standard InChI is InChI=1S/C17H18BrN5O2S/c1-3-15-21-23-16(25)8-11(19-17(23)26-15)9-22(2)10-14(24)20-13-7-5-4-6-12(13)18/h4-8H,3,9-10H2,1-2H3,(H,20,24). The lowest BCUT2D eigenvalue weighted by Gasteiger charge is -2.16. The summed E-state index contributed by atoms with van der Waals surface area (Å²) in [5.41, 5.74) is 1.14. The van der Waals surface area contributed by atoms with Gasteiger partial charge in [0.15, 0.2) is 0 Å². The minimum atomic E-state index is -0.202. The first-order chi connectivity index (χ1) is 12.5. The highest BCUT2D eigenvalue weighted by Gasteiger charge is 2.12. The summed E-state index contributed by atoms with van der Waals surface area (Å²) in [6, 6.07) is 8.90. The maximum absolute atomic E-state index is 12.2. The van der Waals surface area contributed by atoms with Gasteiger partial charge in [0.05, 0.1) is 17.9 Å². The number of nitrogens with zero attached hydrogens (tertiary/aromatic N) is 4. The predicted molar refractivity (Wildman–Crippen MR) is 106 cm³/mol. The van der Waals surface area contributed by atoms with E-state index in [-0.39, 0.29) is 18.0 Å². The van der Waals surface area contributed by atoms with Crippen LogP contribution in [0.25, 0.3) is 4.96 Å². The summed E-state index contributed by atoms with van der Waals surface area (Å²) in [6.45, 7) is 2.57. The molecule has 7 nitrogen and oxygen atoms in total. The molecule has 1 N–H and O–H groups in total. The highest BCUT2D eigenvalue weighted by Crippen LogP contribution is 2.21. The van der Waals surface area contributed by atoms with Crippen LogP contribution in [0.15, 0.2) is 39.6 Å². The zero-order valence-corrected chi connectivity index (χ0v) is 16.8. The summed E-state index contributed by atoms with van der Waals surface area (Å²) in [6.07, 6.45) is 0.762. The highest BCUT2D eigenvalue weighted by atomic mass is 79.9. The molecule has 0 unspecified atom stereocenters. The molecule has 1 amide bonds. The molecule has 0 fully saturated rings. The fourth-order valence-corrected chi connectivity index (χ4v) is 3.69. The van der Waals surface area contributed by atoms with Crippen LogP contribution in [0.5, 0.6) is 0 Å². The SMILES string of the molecule is CCc1nn2c(=O)cc(CN(C)CC(=O)Nc3ccccc3Br)nc2s1. The lowest BCUT2D eigenvalue weighted by molar-refractivity contribution is -0.117. The van der Waals surface area contributed by atoms with E-state index in [1.165, 1.54) is 21.9 Å². The van der Waals surface area contributed by atoms with Gasteiger partial charge in [-0.15, -0.1) is 0 Å². The van der Waals surface area contributed by atoms with E-state index in [0.717, 1.165) is 21.6 Å². The second-order valence-corrected chi connectivity index (χ2v) is 7.72. The van der Waals surface area contributed by atoms with Gasteiger partial charge in [0.1, 0.15) is 5.01 Å². The van der Waals surface area contributed by atoms with Crippen molar-refractivity contribution < 1.29 is 4.79 Å². The quantitative estimate of drug-likeness (QED) is 0.643. The van der Waals surface area contributed by atoms with Gasteiger partial charge in [-0.3, -0.25) is 14.5 Å². The summed E-state index contributed by atoms with van der Waals surface area (Å²) in [5.74, 6) is -0.136. The number of likely N-dealkylation sites (N-methyl/N-ethyl adjacent to an activating group) is 1. The molecule has 0 aliphatic rings. The molecule has 1 aromatic carbocycles. The van der Waals surface area contributed by atoms with Crippen molar-refractivity contribution in [1.82, 2.24) is 19.5 Å². The van der Waals surface area contributed by atoms with E-state index in [1.54, 1.807) is 0 Å². The van der Waals surface area contributed by atoms with Crippen LogP contribution in [0, 0.1) is 0 Å². The minimum absolute atomic E-state index is 0.136. The van der Waals surface area contributed by atoms with Gasteiger partial charge in [0.25, 0.3) is 5.56 Å². The van der Waals surface area contributed by atoms with Crippen molar-refractivity contribution in [2.24, 2.45) is 0 Å². The van der Waals surface area contributed by atoms with Crippen molar-refractivity contribution in [3.8, 4) is 0 Å². The van der Waals surface area contributed by atoms with E-state index in [4.69, 9.17) is 0 Å². The molecule has 0 aliphatic heterocycles. The molecule has 0 spiro atoms. The molecule has 0 atom stereocenters. The number of carbonyl (C=O) groups is 1. The lowest BCUT2D eigenvalue weighted by Crippen LogP contribution is -2.30. The molecular weight excluding hydrogens is 418 g/mol. The Kier molecular flexibility index (Phi) is 5.80. The Bertz CT molecular complexity index is 1000. The number of fused-ring (bicyclic) bond motifs is 1. The van der Waals surface area contributed by atoms with Crippen molar-refractivity contribution in [2.45, 2.75) is 19.9 Å². The van der Waals surface area contributed by atoms with Gasteiger partial charge >= 0.3 is 0 Å². The van der Waals surface area contributed by atoms with E-state index < -0.39 is 0 Å². The van der Waals surface area contributed by atoms with Gasteiger partial charge in [-0.05, 0) is 41.5 Å². The largest absolute Gasteiger partial charge is 0.324 e. The first-order valence-corrected chi connectivity index (χ1v) is 9.69. The molecule has 0 bridgehead atoms. The Morgan fingerprint density at radius 3 is 2.88 bits per heavy atom. The van der Waals surface area contributed by atoms with E-state index in [1.807, 2.05) is 43.1 Å². The van der Waals surface area contributed by atoms with Crippen LogP contribution < -0.4 is 10.9 Å². The third-order valence-corrected chi connectivity index (χ3v) is 5.38. The number of aromatic nitrogens is 3. The lowest BCUT2D eigenvalue weighted by atomic mass is 10.3. The van der Waals surface area contributed by atoms with Crippen molar-refractivity contribution in [1.29, 1.82) is 0 Å². The zero-order chi connectivity index (χ0) is 18.7. The van der Waals surface area contributed by atoms with Gasteiger partial charge < -0.3 is 5.32 Å². The average molecular weight is 436 g/mol. The molecule has 3 aromatic rings. The Morgan fingerprint density at radius 1 is 1.38 bits per heavy atom. The number of nitrogens with one attached hydrogen (secondary N) is 1. The van der Waals surface area contributed by atoms with Crippen LogP contribution >= 0.6 is 27.3 Å². The first kappa shape index (κ1) is 18.7. The fourth-order valence-electron chi connectivity index (χ4n) is 2.45. The Morgan fingerprint density at radius 2 is 2.15 bits per heavy atom. The third-order valence-electron chi connectivity index (χ3n) is 3.64. The molecule has 0 radical (unpaired) electrons. The number of rotatable bonds is 6. The number of halogens is 1. The number of para-hydroxylation sites is 1. The number of carbonyl (C=O) groups excluding carboxylic acids is 1. The summed E-state index contributed by atoms with van der Waals surface area (Å²) in [4.78, 5) is 31.3. The summed E-state index contributed by atoms with van der Waals surface area (Å²) in [5, 5.41) is 7.96. The Labute approximate surface area is 162 Å². The Balaban J connectivity index is 1.67. The first-order valence-electron chi connectivity index (χ1n) is 8.08. The van der Waals surface area contributed by atoms with E-state index in [0.29, 0.717) is 17.2 Å². The molecule has 2 aromatic heterocycles. The maximum atomic E-state index is 12.2. The van der Waals surface area contributed by atoms with Crippen molar-refractivity contribution in [3.63, 3.8) is 0 Å². The second kappa shape index (κ2) is 8.07. The Hall–Kier alpha value is -2.10. The smallest absolute Gasteiger partial charge is 0.275 e. The molecule has 2 heterocycles. The second-order valence-electron chi connectivity index (χ2n) is 5.83. The molecular formula is C17H18BrN5O2S. The number of benzene rings is 1. The van der Waals surface area contributed by atoms with Crippen LogP contribution in [0.1, 0.15) is 17.6 Å². The highest BCUT2D eigenvalue weighted by molar-refractivity contribution is 9.10. The van der Waals surface area contributed by atoms with Crippen LogP contribution in [0.4, 0.5) is 5.69 Å². The number of anilines is 1. The third kappa shape index (κ3) is 4.35. The number of aryl methyl sites for hydroxylation is 1. The average Bonchev–Trinajstić information content (AvgIpc) is 3.00. The fraction of sp³-hybridized carbons (Fsp3) is 0.294. The van der Waals surface area contributed by atoms with Crippen LogP contribution in [-0.4, -0.2) is 39.0 Å². The van der Waals surface area contributed by atoms with Crippen LogP contribution in [-0.2, 0) is 17.8 Å². The van der Waals surface area contributed by atoms with Gasteiger partial charge in [-0.25, -0.2) is 4.98 Å². The molecule has 9 heteroatoms. The van der Waals surface area contributed by atoms with E-state index in [2.05, 4.69) is 31.3 Å². The topological polar surface area (TPSA) is 79.6 Å². The molecule has 0 aliphatic carbocycles. The zero-order valence-electron chi connectivity index (χ0n) is 14.4. The number of amides is 1. The van der Waals surface area contributed by atoms with Crippen LogP contribution in [0.3, 0.4) is 0 Å². The van der Waals surface area contributed by atoms with Gasteiger partial charge in [0, 0.05) is 17.1 Å². The van der Waals surface area contributed by atoms with Crippen molar-refractivity contribution >= 4 is 43.8 Å². The number of hydrogen-bond acceptors (Lipinski definition) is 6. The van der Waals surface area contributed by atoms with E-state index >= 15 is 0 Å². The van der Waals surface area contributed by atoms with Crippen molar-refractivity contribution in [2.75, 3.05) is 18.9 Å². The monoisotopic (exact) mass is 435 g/mol. The van der Waals surface area contributed by atoms with Gasteiger partial charge in [-0.1, -0.05) is 30.4 Å². The summed E-state index contributed by atoms with van der Waals surface area (Å²) < 4.78 is 2.15. The summed E-state index contributed by atoms with van der Waals surface area (Å²) >= 11 is 4.81. The molecule has 26 heavy (non-hydrogen) atoms. The predicted octanol–water partition coefficient (Wildman–Crippen LogP) is 2.55. The van der Waals surface area contributed by atoms with Crippen LogP contribution in [0.2, 0.25) is 0 Å². The molecule has 0 saturated carbocycles. The number of hydrogen-bond donors (Lipinski definition) is 1. The normalized spacial score (nSPS) is 11.2. The van der Waals surface area contributed by atoms with Crippen molar-refractivity contribution in [3.05, 3.63) is 55.9 Å². The molecule has 0 saturated heterocycles. The van der Waals surface area contributed by atoms with Gasteiger partial charge in [-0.2, -0.15) is 9.61 Å². The molecule has 136 valence electrons. The maximum Gasteiger partial charge on any atom is 0.275 e. The van der Waals surface area contributed by atoms with E-state index in [9.17, 15) is 9.59 Å². The summed E-state index contributed by atoms with van der Waals surface area (Å²) in [7, 11) is 1.81. The molecule has 3 rings (SSSR count). The minimum Gasteiger partial charge on any atom is -0.324 e. The van der Waals surface area contributed by atoms with Gasteiger partial charge in [0.2, 0.25) is 10.9 Å².